The van der Waals surface area contributed by atoms with Gasteiger partial charge in [-0.1, -0.05) is 12.8 Å². The molecule has 1 aliphatic heterocycles. The molecule has 2 aliphatic rings. The van der Waals surface area contributed by atoms with Crippen LogP contribution in [0, 0.1) is 5.92 Å². The second-order valence-electron chi connectivity index (χ2n) is 6.08. The highest BCUT2D eigenvalue weighted by Gasteiger charge is 2.27. The van der Waals surface area contributed by atoms with Crippen molar-refractivity contribution >= 4 is 10.2 Å². The fraction of sp³-hybridized carbons (Fsp3) is 1.00. The van der Waals surface area contributed by atoms with Gasteiger partial charge in [-0.05, 0) is 45.2 Å². The van der Waals surface area contributed by atoms with Crippen molar-refractivity contribution in [1.29, 1.82) is 0 Å². The highest BCUT2D eigenvalue weighted by molar-refractivity contribution is 7.87. The molecule has 0 aromatic rings. The number of hydrogen-bond donors (Lipinski definition) is 2. The van der Waals surface area contributed by atoms with E-state index in [0.29, 0.717) is 38.3 Å². The maximum absolute atomic E-state index is 12.2. The highest BCUT2D eigenvalue weighted by atomic mass is 32.2. The van der Waals surface area contributed by atoms with E-state index in [1.165, 1.54) is 12.8 Å². The molecule has 0 amide bonds. The molecule has 0 aromatic heterocycles. The molecule has 0 bridgehead atoms. The van der Waals surface area contributed by atoms with Crippen LogP contribution in [0.3, 0.4) is 0 Å². The second-order valence-corrected chi connectivity index (χ2v) is 7.83. The summed E-state index contributed by atoms with van der Waals surface area (Å²) in [6.07, 6.45) is 6.90. The molecule has 1 aliphatic carbocycles. The summed E-state index contributed by atoms with van der Waals surface area (Å²) in [5, 5.41) is 3.16. The average molecular weight is 319 g/mol. The molecule has 0 aromatic carbocycles. The minimum Gasteiger partial charge on any atom is -0.377 e. The van der Waals surface area contributed by atoms with E-state index >= 15 is 0 Å². The van der Waals surface area contributed by atoms with Gasteiger partial charge in [0.1, 0.15) is 0 Å². The Bertz CT molecular complexity index is 388. The predicted octanol–water partition coefficient (Wildman–Crippen LogP) is 0.711. The van der Waals surface area contributed by atoms with Crippen LogP contribution in [0.15, 0.2) is 0 Å². The van der Waals surface area contributed by atoms with Gasteiger partial charge in [0.15, 0.2) is 0 Å². The molecule has 0 atom stereocenters. The molecular weight excluding hydrogens is 290 g/mol. The van der Waals surface area contributed by atoms with Gasteiger partial charge in [0.25, 0.3) is 10.2 Å². The van der Waals surface area contributed by atoms with Gasteiger partial charge >= 0.3 is 0 Å². The van der Waals surface area contributed by atoms with Crippen LogP contribution >= 0.6 is 0 Å². The lowest BCUT2D eigenvalue weighted by Crippen LogP contribution is -2.46. The quantitative estimate of drug-likeness (QED) is 0.647. The first kappa shape index (κ1) is 17.1. The van der Waals surface area contributed by atoms with Crippen molar-refractivity contribution in [2.24, 2.45) is 5.92 Å². The largest absolute Gasteiger partial charge is 0.377 e. The number of ether oxygens (including phenoxy) is 1. The van der Waals surface area contributed by atoms with E-state index in [-0.39, 0.29) is 0 Å². The Morgan fingerprint density at radius 1 is 1.14 bits per heavy atom. The van der Waals surface area contributed by atoms with Gasteiger partial charge in [-0.3, -0.25) is 0 Å². The zero-order valence-electron chi connectivity index (χ0n) is 13.0. The van der Waals surface area contributed by atoms with E-state index in [0.717, 1.165) is 32.2 Å². The van der Waals surface area contributed by atoms with Crippen molar-refractivity contribution in [3.05, 3.63) is 0 Å². The Morgan fingerprint density at radius 2 is 1.81 bits per heavy atom. The molecule has 6 nitrogen and oxygen atoms in total. The minimum atomic E-state index is -3.33. The smallest absolute Gasteiger partial charge is 0.279 e. The molecule has 1 heterocycles. The Hall–Kier alpha value is -0.210. The van der Waals surface area contributed by atoms with Crippen LogP contribution in [0.4, 0.5) is 0 Å². The van der Waals surface area contributed by atoms with Gasteiger partial charge in [-0.2, -0.15) is 17.4 Å². The van der Waals surface area contributed by atoms with Gasteiger partial charge in [-0.15, -0.1) is 0 Å². The van der Waals surface area contributed by atoms with Crippen LogP contribution < -0.4 is 10.0 Å². The monoisotopic (exact) mass is 319 g/mol. The number of hydrogen-bond acceptors (Lipinski definition) is 4. The molecule has 21 heavy (non-hydrogen) atoms. The molecule has 2 rings (SSSR count). The molecule has 2 N–H and O–H groups in total. The standard InChI is InChI=1S/C14H29N3O3S/c1-15-12-13-6-9-17(10-7-13)21(18,19)16-8-11-20-14-4-2-3-5-14/h13-16H,2-12H2,1H3. The summed E-state index contributed by atoms with van der Waals surface area (Å²) in [6, 6.07) is 0. The Balaban J connectivity index is 1.64. The fourth-order valence-electron chi connectivity index (χ4n) is 3.18. The summed E-state index contributed by atoms with van der Waals surface area (Å²) in [4.78, 5) is 0. The van der Waals surface area contributed by atoms with Gasteiger partial charge in [0, 0.05) is 19.6 Å². The van der Waals surface area contributed by atoms with Crippen LogP contribution in [0.25, 0.3) is 0 Å². The molecule has 124 valence electrons. The highest BCUT2D eigenvalue weighted by Crippen LogP contribution is 2.21. The molecular formula is C14H29N3O3S. The van der Waals surface area contributed by atoms with E-state index in [1.807, 2.05) is 7.05 Å². The molecule has 0 spiro atoms. The summed E-state index contributed by atoms with van der Waals surface area (Å²) in [5.41, 5.74) is 0. The summed E-state index contributed by atoms with van der Waals surface area (Å²) in [7, 11) is -1.40. The zero-order valence-corrected chi connectivity index (χ0v) is 13.8. The van der Waals surface area contributed by atoms with Crippen molar-refractivity contribution in [2.45, 2.75) is 44.6 Å². The van der Waals surface area contributed by atoms with Crippen molar-refractivity contribution in [3.8, 4) is 0 Å². The topological polar surface area (TPSA) is 70.7 Å². The third kappa shape index (κ3) is 5.49. The van der Waals surface area contributed by atoms with E-state index in [4.69, 9.17) is 4.74 Å². The normalized spacial score (nSPS) is 22.9. The maximum atomic E-state index is 12.2. The lowest BCUT2D eigenvalue weighted by molar-refractivity contribution is 0.0624. The lowest BCUT2D eigenvalue weighted by Gasteiger charge is -2.31. The van der Waals surface area contributed by atoms with Crippen molar-refractivity contribution in [1.82, 2.24) is 14.3 Å². The van der Waals surface area contributed by atoms with Crippen LogP contribution in [-0.2, 0) is 14.9 Å². The SMILES string of the molecule is CNCC1CCN(S(=O)(=O)NCCOC2CCCC2)CC1. The summed E-state index contributed by atoms with van der Waals surface area (Å²) in [6.45, 7) is 3.04. The van der Waals surface area contributed by atoms with Gasteiger partial charge in [0.2, 0.25) is 0 Å². The average Bonchev–Trinajstić information content (AvgIpc) is 2.98. The van der Waals surface area contributed by atoms with E-state index in [9.17, 15) is 8.42 Å². The van der Waals surface area contributed by atoms with Crippen LogP contribution in [0.1, 0.15) is 38.5 Å². The summed E-state index contributed by atoms with van der Waals surface area (Å²) in [5.74, 6) is 0.590. The summed E-state index contributed by atoms with van der Waals surface area (Å²) >= 11 is 0. The first-order valence-corrected chi connectivity index (χ1v) is 9.57. The fourth-order valence-corrected chi connectivity index (χ4v) is 4.40. The number of rotatable bonds is 8. The Morgan fingerprint density at radius 3 is 2.43 bits per heavy atom. The Kier molecular flexibility index (Phi) is 6.88. The second kappa shape index (κ2) is 8.43. The Labute approximate surface area is 128 Å². The molecule has 0 radical (unpaired) electrons. The van der Waals surface area contributed by atoms with Gasteiger partial charge < -0.3 is 10.1 Å². The van der Waals surface area contributed by atoms with E-state index in [1.54, 1.807) is 4.31 Å². The first-order valence-electron chi connectivity index (χ1n) is 8.13. The van der Waals surface area contributed by atoms with E-state index in [2.05, 4.69) is 10.0 Å². The molecule has 1 saturated heterocycles. The number of nitrogens with one attached hydrogen (secondary N) is 2. The maximum Gasteiger partial charge on any atom is 0.279 e. The van der Waals surface area contributed by atoms with Gasteiger partial charge in [-0.25, -0.2) is 0 Å². The first-order chi connectivity index (χ1) is 10.1. The minimum absolute atomic E-state index is 0.340. The predicted molar refractivity (Wildman–Crippen MR) is 83.4 cm³/mol. The van der Waals surface area contributed by atoms with Crippen molar-refractivity contribution < 1.29 is 13.2 Å². The summed E-state index contributed by atoms with van der Waals surface area (Å²) < 4.78 is 34.3. The number of piperidine rings is 1. The molecule has 1 saturated carbocycles. The van der Waals surface area contributed by atoms with Crippen molar-refractivity contribution in [3.63, 3.8) is 0 Å². The molecule has 2 fully saturated rings. The van der Waals surface area contributed by atoms with Crippen LogP contribution in [0.2, 0.25) is 0 Å². The molecule has 7 heteroatoms. The van der Waals surface area contributed by atoms with Crippen molar-refractivity contribution in [2.75, 3.05) is 39.8 Å². The zero-order chi connectivity index (χ0) is 15.1. The number of nitrogens with zero attached hydrogens (tertiary/aromatic N) is 1. The molecule has 0 unspecified atom stereocenters. The third-order valence-corrected chi connectivity index (χ3v) is 6.06. The van der Waals surface area contributed by atoms with Crippen LogP contribution in [-0.4, -0.2) is 58.7 Å². The van der Waals surface area contributed by atoms with Gasteiger partial charge in [0.05, 0.1) is 12.7 Å². The third-order valence-electron chi connectivity index (χ3n) is 4.45. The lowest BCUT2D eigenvalue weighted by atomic mass is 9.98. The van der Waals surface area contributed by atoms with E-state index < -0.39 is 10.2 Å². The van der Waals surface area contributed by atoms with Crippen LogP contribution in [0.5, 0.6) is 0 Å².